The van der Waals surface area contributed by atoms with E-state index in [-0.39, 0.29) is 24.4 Å². The molecule has 2 heterocycles. The SMILES string of the molecule is CC(C)(CCC(=O)O)NC(=O)N1CCN2C(=O)CCC2C1. The molecule has 0 aliphatic carbocycles. The van der Waals surface area contributed by atoms with Crippen LogP contribution in [-0.2, 0) is 9.59 Å². The van der Waals surface area contributed by atoms with Crippen LogP contribution >= 0.6 is 0 Å². The summed E-state index contributed by atoms with van der Waals surface area (Å²) in [4.78, 5) is 38.1. The van der Waals surface area contributed by atoms with Crippen LogP contribution in [0.4, 0.5) is 4.79 Å². The van der Waals surface area contributed by atoms with Gasteiger partial charge in [0.15, 0.2) is 0 Å². The summed E-state index contributed by atoms with van der Waals surface area (Å²) in [6, 6.07) is -0.0384. The summed E-state index contributed by atoms with van der Waals surface area (Å²) in [7, 11) is 0. The van der Waals surface area contributed by atoms with Crippen molar-refractivity contribution in [3.63, 3.8) is 0 Å². The summed E-state index contributed by atoms with van der Waals surface area (Å²) >= 11 is 0. The van der Waals surface area contributed by atoms with E-state index in [0.29, 0.717) is 32.5 Å². The maximum absolute atomic E-state index is 12.3. The third-order valence-electron chi connectivity index (χ3n) is 4.19. The van der Waals surface area contributed by atoms with E-state index in [1.54, 1.807) is 4.90 Å². The normalized spacial score (nSPS) is 22.2. The van der Waals surface area contributed by atoms with E-state index in [4.69, 9.17) is 5.11 Å². The zero-order valence-corrected chi connectivity index (χ0v) is 12.6. The molecule has 2 fully saturated rings. The number of amides is 3. The van der Waals surface area contributed by atoms with E-state index in [1.807, 2.05) is 18.7 Å². The number of nitrogens with zero attached hydrogens (tertiary/aromatic N) is 2. The number of piperazine rings is 1. The monoisotopic (exact) mass is 297 g/mol. The molecule has 118 valence electrons. The van der Waals surface area contributed by atoms with E-state index < -0.39 is 11.5 Å². The van der Waals surface area contributed by atoms with E-state index in [9.17, 15) is 14.4 Å². The maximum Gasteiger partial charge on any atom is 0.317 e. The number of hydrogen-bond acceptors (Lipinski definition) is 3. The van der Waals surface area contributed by atoms with E-state index in [1.165, 1.54) is 0 Å². The quantitative estimate of drug-likeness (QED) is 0.797. The van der Waals surface area contributed by atoms with Gasteiger partial charge in [0.05, 0.1) is 0 Å². The molecule has 1 atom stereocenters. The second kappa shape index (κ2) is 5.91. The molecule has 0 aromatic carbocycles. The van der Waals surface area contributed by atoms with Gasteiger partial charge in [-0.15, -0.1) is 0 Å². The topological polar surface area (TPSA) is 89.9 Å². The van der Waals surface area contributed by atoms with Gasteiger partial charge in [-0.2, -0.15) is 0 Å². The Morgan fingerprint density at radius 3 is 2.76 bits per heavy atom. The van der Waals surface area contributed by atoms with Gasteiger partial charge >= 0.3 is 12.0 Å². The summed E-state index contributed by atoms with van der Waals surface area (Å²) in [6.45, 7) is 5.33. The first-order valence-corrected chi connectivity index (χ1v) is 7.37. The van der Waals surface area contributed by atoms with Crippen molar-refractivity contribution >= 4 is 17.9 Å². The fourth-order valence-electron chi connectivity index (χ4n) is 2.90. The van der Waals surface area contributed by atoms with Crippen LogP contribution in [0.2, 0.25) is 0 Å². The molecule has 1 unspecified atom stereocenters. The Bertz CT molecular complexity index is 450. The van der Waals surface area contributed by atoms with Gasteiger partial charge in [0.2, 0.25) is 5.91 Å². The van der Waals surface area contributed by atoms with E-state index >= 15 is 0 Å². The predicted molar refractivity (Wildman–Crippen MR) is 75.8 cm³/mol. The van der Waals surface area contributed by atoms with E-state index in [0.717, 1.165) is 6.42 Å². The van der Waals surface area contributed by atoms with Gasteiger partial charge in [-0.25, -0.2) is 4.79 Å². The number of hydrogen-bond donors (Lipinski definition) is 2. The van der Waals surface area contributed by atoms with Gasteiger partial charge in [-0.3, -0.25) is 9.59 Å². The van der Waals surface area contributed by atoms with Crippen LogP contribution in [0, 0.1) is 0 Å². The minimum atomic E-state index is -0.865. The molecule has 0 saturated carbocycles. The average Bonchev–Trinajstić information content (AvgIpc) is 2.77. The van der Waals surface area contributed by atoms with Crippen molar-refractivity contribution in [2.45, 2.75) is 51.1 Å². The number of aliphatic carboxylic acids is 1. The van der Waals surface area contributed by atoms with E-state index in [2.05, 4.69) is 5.32 Å². The molecule has 0 aromatic rings. The third-order valence-corrected chi connectivity index (χ3v) is 4.19. The van der Waals surface area contributed by atoms with Gasteiger partial charge in [-0.1, -0.05) is 0 Å². The second-order valence-corrected chi connectivity index (χ2v) is 6.43. The molecule has 0 spiro atoms. The van der Waals surface area contributed by atoms with Crippen LogP contribution in [0.25, 0.3) is 0 Å². The number of rotatable bonds is 4. The van der Waals surface area contributed by atoms with Crippen LogP contribution in [0.5, 0.6) is 0 Å². The fraction of sp³-hybridized carbons (Fsp3) is 0.786. The highest BCUT2D eigenvalue weighted by Crippen LogP contribution is 2.23. The Morgan fingerprint density at radius 1 is 1.38 bits per heavy atom. The van der Waals surface area contributed by atoms with Gasteiger partial charge in [-0.05, 0) is 26.7 Å². The number of carboxylic acid groups (broad SMARTS) is 1. The van der Waals surface area contributed by atoms with Crippen molar-refractivity contribution < 1.29 is 19.5 Å². The summed E-state index contributed by atoms with van der Waals surface area (Å²) in [5, 5.41) is 11.6. The van der Waals surface area contributed by atoms with Crippen molar-refractivity contribution in [2.75, 3.05) is 19.6 Å². The zero-order valence-electron chi connectivity index (χ0n) is 12.6. The van der Waals surface area contributed by atoms with Gasteiger partial charge in [0, 0.05) is 44.1 Å². The Labute approximate surface area is 124 Å². The molecule has 2 aliphatic rings. The highest BCUT2D eigenvalue weighted by Gasteiger charge is 2.37. The lowest BCUT2D eigenvalue weighted by molar-refractivity contribution is -0.137. The van der Waals surface area contributed by atoms with Gasteiger partial charge < -0.3 is 20.2 Å². The number of urea groups is 1. The minimum Gasteiger partial charge on any atom is -0.481 e. The summed E-state index contributed by atoms with van der Waals surface area (Å²) in [6.07, 6.45) is 1.80. The molecule has 3 amide bonds. The number of carbonyl (C=O) groups excluding carboxylic acids is 2. The van der Waals surface area contributed by atoms with Gasteiger partial charge in [0.25, 0.3) is 0 Å². The van der Waals surface area contributed by atoms with Crippen LogP contribution in [0.15, 0.2) is 0 Å². The second-order valence-electron chi connectivity index (χ2n) is 6.43. The molecular weight excluding hydrogens is 274 g/mol. The van der Waals surface area contributed by atoms with Crippen LogP contribution in [0.1, 0.15) is 39.5 Å². The number of carbonyl (C=O) groups is 3. The molecule has 0 aromatic heterocycles. The third kappa shape index (κ3) is 3.86. The van der Waals surface area contributed by atoms with Crippen LogP contribution in [-0.4, -0.2) is 64.0 Å². The molecule has 0 bridgehead atoms. The average molecular weight is 297 g/mol. The molecule has 2 aliphatic heterocycles. The first-order valence-electron chi connectivity index (χ1n) is 7.37. The molecule has 7 heteroatoms. The molecule has 2 rings (SSSR count). The Morgan fingerprint density at radius 2 is 2.10 bits per heavy atom. The largest absolute Gasteiger partial charge is 0.481 e. The summed E-state index contributed by atoms with van der Waals surface area (Å²) in [5.74, 6) is -0.683. The maximum atomic E-state index is 12.3. The first kappa shape index (κ1) is 15.6. The molecule has 7 nitrogen and oxygen atoms in total. The fourth-order valence-corrected chi connectivity index (χ4v) is 2.90. The molecule has 2 N–H and O–H groups in total. The first-order chi connectivity index (χ1) is 9.78. The lowest BCUT2D eigenvalue weighted by Crippen LogP contribution is -2.58. The van der Waals surface area contributed by atoms with Gasteiger partial charge in [0.1, 0.15) is 0 Å². The lowest BCUT2D eigenvalue weighted by Gasteiger charge is -2.39. The number of carboxylic acids is 1. The smallest absolute Gasteiger partial charge is 0.317 e. The summed E-state index contributed by atoms with van der Waals surface area (Å²) < 4.78 is 0. The lowest BCUT2D eigenvalue weighted by atomic mass is 9.98. The molecule has 2 saturated heterocycles. The van der Waals surface area contributed by atoms with Crippen molar-refractivity contribution in [2.24, 2.45) is 0 Å². The van der Waals surface area contributed by atoms with Crippen molar-refractivity contribution in [3.05, 3.63) is 0 Å². The summed E-state index contributed by atoms with van der Waals surface area (Å²) in [5.41, 5.74) is -0.557. The zero-order chi connectivity index (χ0) is 15.6. The molecule has 21 heavy (non-hydrogen) atoms. The van der Waals surface area contributed by atoms with Crippen molar-refractivity contribution in [1.82, 2.24) is 15.1 Å². The van der Waals surface area contributed by atoms with Crippen LogP contribution < -0.4 is 5.32 Å². The van der Waals surface area contributed by atoms with Crippen LogP contribution in [0.3, 0.4) is 0 Å². The Hall–Kier alpha value is -1.79. The number of fused-ring (bicyclic) bond motifs is 1. The van der Waals surface area contributed by atoms with Crippen molar-refractivity contribution in [3.8, 4) is 0 Å². The molecular formula is C14H23N3O4. The standard InChI is InChI=1S/C14H23N3O4/c1-14(2,6-5-12(19)20)15-13(21)16-7-8-17-10(9-16)3-4-11(17)18/h10H,3-9H2,1-2H3,(H,15,21)(H,19,20). The number of nitrogens with one attached hydrogen (secondary N) is 1. The predicted octanol–water partition coefficient (Wildman–Crippen LogP) is 0.646. The Balaban J connectivity index is 1.86. The highest BCUT2D eigenvalue weighted by molar-refractivity contribution is 5.80. The minimum absolute atomic E-state index is 0.0260. The highest BCUT2D eigenvalue weighted by atomic mass is 16.4. The van der Waals surface area contributed by atoms with Crippen molar-refractivity contribution in [1.29, 1.82) is 0 Å². The Kier molecular flexibility index (Phi) is 4.39. The molecule has 0 radical (unpaired) electrons.